The highest BCUT2D eigenvalue weighted by atomic mass is 19.1. The largest absolute Gasteiger partial charge is 0.373 e. The molecule has 0 fully saturated rings. The Bertz CT molecular complexity index is 572. The van der Waals surface area contributed by atoms with E-state index in [1.54, 1.807) is 6.07 Å². The number of aryl methyl sites for hydroxylation is 1. The lowest BCUT2D eigenvalue weighted by molar-refractivity contribution is 0.626. The number of aromatic nitrogens is 2. The maximum atomic E-state index is 13.1. The first-order valence-electron chi connectivity index (χ1n) is 6.75. The van der Waals surface area contributed by atoms with Crippen molar-refractivity contribution in [2.24, 2.45) is 0 Å². The Balaban J connectivity index is 2.10. The second-order valence-corrected chi connectivity index (χ2v) is 4.54. The first-order chi connectivity index (χ1) is 9.71. The Morgan fingerprint density at radius 3 is 2.65 bits per heavy atom. The fourth-order valence-electron chi connectivity index (χ4n) is 1.89. The summed E-state index contributed by atoms with van der Waals surface area (Å²) < 4.78 is 13.1. The monoisotopic (exact) mass is 274 g/mol. The SMILES string of the molecule is CCCc1nc(NC)cc(NCc2cccc(F)c2)n1. The summed E-state index contributed by atoms with van der Waals surface area (Å²) in [4.78, 5) is 8.84. The number of hydrogen-bond donors (Lipinski definition) is 2. The lowest BCUT2D eigenvalue weighted by atomic mass is 10.2. The van der Waals surface area contributed by atoms with Gasteiger partial charge in [0.2, 0.25) is 0 Å². The van der Waals surface area contributed by atoms with Crippen LogP contribution < -0.4 is 10.6 Å². The van der Waals surface area contributed by atoms with E-state index in [-0.39, 0.29) is 5.82 Å². The third-order valence-electron chi connectivity index (χ3n) is 2.86. The van der Waals surface area contributed by atoms with Crippen LogP contribution in [0.25, 0.3) is 0 Å². The van der Waals surface area contributed by atoms with Gasteiger partial charge in [-0.2, -0.15) is 0 Å². The highest BCUT2D eigenvalue weighted by molar-refractivity contribution is 5.47. The minimum atomic E-state index is -0.227. The molecule has 0 aliphatic heterocycles. The van der Waals surface area contributed by atoms with Gasteiger partial charge in [-0.3, -0.25) is 0 Å². The zero-order chi connectivity index (χ0) is 14.4. The molecule has 2 rings (SSSR count). The first-order valence-corrected chi connectivity index (χ1v) is 6.75. The lowest BCUT2D eigenvalue weighted by Gasteiger charge is -2.09. The van der Waals surface area contributed by atoms with Gasteiger partial charge in [0, 0.05) is 26.1 Å². The highest BCUT2D eigenvalue weighted by Crippen LogP contribution is 2.13. The zero-order valence-corrected chi connectivity index (χ0v) is 11.8. The summed E-state index contributed by atoms with van der Waals surface area (Å²) in [6, 6.07) is 8.38. The molecule has 0 saturated heterocycles. The predicted octanol–water partition coefficient (Wildman–Crippen LogP) is 3.22. The summed E-state index contributed by atoms with van der Waals surface area (Å²) in [5.74, 6) is 2.11. The Hall–Kier alpha value is -2.17. The van der Waals surface area contributed by atoms with E-state index in [4.69, 9.17) is 0 Å². The Labute approximate surface area is 118 Å². The van der Waals surface area contributed by atoms with Crippen molar-refractivity contribution in [3.8, 4) is 0 Å². The molecule has 20 heavy (non-hydrogen) atoms. The molecule has 0 aliphatic carbocycles. The topological polar surface area (TPSA) is 49.8 Å². The maximum absolute atomic E-state index is 13.1. The summed E-state index contributed by atoms with van der Waals surface area (Å²) in [6.45, 7) is 2.62. The quantitative estimate of drug-likeness (QED) is 0.849. The van der Waals surface area contributed by atoms with E-state index in [1.165, 1.54) is 12.1 Å². The van der Waals surface area contributed by atoms with Gasteiger partial charge >= 0.3 is 0 Å². The van der Waals surface area contributed by atoms with Gasteiger partial charge < -0.3 is 10.6 Å². The van der Waals surface area contributed by atoms with Crippen molar-refractivity contribution < 1.29 is 4.39 Å². The number of nitrogens with zero attached hydrogens (tertiary/aromatic N) is 2. The Kier molecular flexibility index (Phi) is 4.87. The van der Waals surface area contributed by atoms with E-state index in [9.17, 15) is 4.39 Å². The van der Waals surface area contributed by atoms with Gasteiger partial charge in [0.25, 0.3) is 0 Å². The predicted molar refractivity (Wildman–Crippen MR) is 79.3 cm³/mol. The average molecular weight is 274 g/mol. The molecule has 0 radical (unpaired) electrons. The number of anilines is 2. The fraction of sp³-hybridized carbons (Fsp3) is 0.333. The number of hydrogen-bond acceptors (Lipinski definition) is 4. The van der Waals surface area contributed by atoms with Crippen molar-refractivity contribution in [3.63, 3.8) is 0 Å². The van der Waals surface area contributed by atoms with Crippen LogP contribution >= 0.6 is 0 Å². The smallest absolute Gasteiger partial charge is 0.133 e. The molecule has 0 unspecified atom stereocenters. The fourth-order valence-corrected chi connectivity index (χ4v) is 1.89. The van der Waals surface area contributed by atoms with Gasteiger partial charge in [0.05, 0.1) is 0 Å². The van der Waals surface area contributed by atoms with Crippen molar-refractivity contribution in [1.29, 1.82) is 0 Å². The summed E-state index contributed by atoms with van der Waals surface area (Å²) in [6.07, 6.45) is 1.83. The molecule has 0 aliphatic rings. The molecule has 1 aromatic heterocycles. The normalized spacial score (nSPS) is 10.3. The van der Waals surface area contributed by atoms with E-state index in [2.05, 4.69) is 27.5 Å². The first kappa shape index (κ1) is 14.2. The van der Waals surface area contributed by atoms with Crippen LogP contribution in [0.3, 0.4) is 0 Å². The van der Waals surface area contributed by atoms with Crippen molar-refractivity contribution in [1.82, 2.24) is 9.97 Å². The number of rotatable bonds is 6. The molecule has 0 saturated carbocycles. The molecule has 0 spiro atoms. The lowest BCUT2D eigenvalue weighted by Crippen LogP contribution is -2.06. The van der Waals surface area contributed by atoms with Crippen LogP contribution in [0.4, 0.5) is 16.0 Å². The van der Waals surface area contributed by atoms with Crippen molar-refractivity contribution in [2.45, 2.75) is 26.3 Å². The van der Waals surface area contributed by atoms with Gasteiger partial charge in [-0.15, -0.1) is 0 Å². The van der Waals surface area contributed by atoms with Crippen LogP contribution in [0, 0.1) is 5.82 Å². The molecule has 1 heterocycles. The Morgan fingerprint density at radius 2 is 1.95 bits per heavy atom. The standard InChI is InChI=1S/C15H19FN4/c1-3-5-13-19-14(17-2)9-15(20-13)18-10-11-6-4-7-12(16)8-11/h4,6-9H,3,5,10H2,1-2H3,(H2,17,18,19,20). The van der Waals surface area contributed by atoms with Crippen molar-refractivity contribution in [2.75, 3.05) is 17.7 Å². The molecule has 2 aromatic rings. The molecule has 0 atom stereocenters. The van der Waals surface area contributed by atoms with Crippen LogP contribution in [0.15, 0.2) is 30.3 Å². The Morgan fingerprint density at radius 1 is 1.15 bits per heavy atom. The van der Waals surface area contributed by atoms with Crippen LogP contribution in [0.2, 0.25) is 0 Å². The van der Waals surface area contributed by atoms with E-state index >= 15 is 0 Å². The van der Waals surface area contributed by atoms with Gasteiger partial charge in [0.1, 0.15) is 23.3 Å². The zero-order valence-electron chi connectivity index (χ0n) is 11.8. The molecular formula is C15H19FN4. The molecule has 0 bridgehead atoms. The van der Waals surface area contributed by atoms with Crippen LogP contribution in [-0.2, 0) is 13.0 Å². The summed E-state index contributed by atoms with van der Waals surface area (Å²) >= 11 is 0. The van der Waals surface area contributed by atoms with E-state index < -0.39 is 0 Å². The molecule has 1 aromatic carbocycles. The molecule has 0 amide bonds. The second kappa shape index (κ2) is 6.84. The number of benzene rings is 1. The second-order valence-electron chi connectivity index (χ2n) is 4.54. The van der Waals surface area contributed by atoms with Crippen LogP contribution in [-0.4, -0.2) is 17.0 Å². The van der Waals surface area contributed by atoms with Gasteiger partial charge in [-0.05, 0) is 24.1 Å². The highest BCUT2D eigenvalue weighted by Gasteiger charge is 2.03. The molecule has 5 heteroatoms. The minimum Gasteiger partial charge on any atom is -0.373 e. The minimum absolute atomic E-state index is 0.227. The molecule has 2 N–H and O–H groups in total. The van der Waals surface area contributed by atoms with Gasteiger partial charge in [-0.25, -0.2) is 14.4 Å². The molecular weight excluding hydrogens is 255 g/mol. The number of halogens is 1. The average Bonchev–Trinajstić information content (AvgIpc) is 2.45. The van der Waals surface area contributed by atoms with Crippen molar-refractivity contribution in [3.05, 3.63) is 47.5 Å². The molecule has 4 nitrogen and oxygen atoms in total. The van der Waals surface area contributed by atoms with Crippen molar-refractivity contribution >= 4 is 11.6 Å². The van der Waals surface area contributed by atoms with E-state index in [1.807, 2.05) is 19.2 Å². The van der Waals surface area contributed by atoms with Crippen LogP contribution in [0.1, 0.15) is 24.7 Å². The third-order valence-corrected chi connectivity index (χ3v) is 2.86. The molecule has 106 valence electrons. The summed E-state index contributed by atoms with van der Waals surface area (Å²) in [7, 11) is 1.83. The van der Waals surface area contributed by atoms with Crippen LogP contribution in [0.5, 0.6) is 0 Å². The number of nitrogens with one attached hydrogen (secondary N) is 2. The van der Waals surface area contributed by atoms with E-state index in [0.717, 1.165) is 35.9 Å². The van der Waals surface area contributed by atoms with E-state index in [0.29, 0.717) is 6.54 Å². The van der Waals surface area contributed by atoms with Gasteiger partial charge in [0.15, 0.2) is 0 Å². The third kappa shape index (κ3) is 3.91. The summed E-state index contributed by atoms with van der Waals surface area (Å²) in [5.41, 5.74) is 0.881. The van der Waals surface area contributed by atoms with Gasteiger partial charge in [-0.1, -0.05) is 19.1 Å². The summed E-state index contributed by atoms with van der Waals surface area (Å²) in [5, 5.41) is 6.23. The maximum Gasteiger partial charge on any atom is 0.133 e.